The number of aliphatic hydroxyl groups is 1. The molecular formula is C20H18O7. The molecule has 0 aliphatic heterocycles. The highest BCUT2D eigenvalue weighted by Gasteiger charge is 2.32. The van der Waals surface area contributed by atoms with Crippen LogP contribution in [-0.2, 0) is 0 Å². The summed E-state index contributed by atoms with van der Waals surface area (Å²) < 4.78 is 0. The van der Waals surface area contributed by atoms with Crippen molar-refractivity contribution in [2.75, 3.05) is 0 Å². The van der Waals surface area contributed by atoms with E-state index in [0.717, 1.165) is 6.07 Å². The van der Waals surface area contributed by atoms with Gasteiger partial charge < -0.3 is 35.7 Å². The molecule has 0 spiro atoms. The lowest BCUT2D eigenvalue weighted by atomic mass is 9.78. The van der Waals surface area contributed by atoms with E-state index in [1.165, 1.54) is 24.3 Å². The first-order chi connectivity index (χ1) is 12.6. The monoisotopic (exact) mass is 370 g/mol. The Hall–Kier alpha value is -3.74. The third kappa shape index (κ3) is 2.69. The second-order valence-corrected chi connectivity index (χ2v) is 6.29. The van der Waals surface area contributed by atoms with Crippen molar-refractivity contribution in [2.24, 2.45) is 0 Å². The highest BCUT2D eigenvalue weighted by Crippen LogP contribution is 2.50. The summed E-state index contributed by atoms with van der Waals surface area (Å²) in [6, 6.07) is 4.98. The third-order valence-corrected chi connectivity index (χ3v) is 4.66. The summed E-state index contributed by atoms with van der Waals surface area (Å²) in [5.74, 6) is -5.00. The van der Waals surface area contributed by atoms with E-state index in [4.69, 9.17) is 0 Å². The van der Waals surface area contributed by atoms with Gasteiger partial charge in [-0.15, -0.1) is 0 Å². The molecule has 1 aliphatic carbocycles. The molecule has 0 saturated heterocycles. The zero-order chi connectivity index (χ0) is 20.0. The number of benzene rings is 2. The molecule has 1 aliphatic rings. The molecule has 27 heavy (non-hydrogen) atoms. The maximum Gasteiger partial charge on any atom is 0.200 e. The predicted octanol–water partition coefficient (Wildman–Crippen LogP) is 3.49. The van der Waals surface area contributed by atoms with Crippen LogP contribution in [0.25, 0.3) is 5.57 Å². The van der Waals surface area contributed by atoms with Gasteiger partial charge in [-0.3, -0.25) is 0 Å². The van der Waals surface area contributed by atoms with Crippen LogP contribution in [0.15, 0.2) is 53.8 Å². The molecule has 140 valence electrons. The molecule has 0 fully saturated rings. The molecule has 0 aromatic heterocycles. The molecule has 0 amide bonds. The molecule has 2 aromatic carbocycles. The van der Waals surface area contributed by atoms with E-state index in [2.05, 4.69) is 6.58 Å². The number of phenols is 6. The average molecular weight is 370 g/mol. The van der Waals surface area contributed by atoms with E-state index in [1.807, 2.05) is 0 Å². The fraction of sp³-hybridized carbons (Fsp3) is 0.100. The van der Waals surface area contributed by atoms with Gasteiger partial charge in [0, 0.05) is 16.7 Å². The summed E-state index contributed by atoms with van der Waals surface area (Å²) in [5, 5.41) is 69.8. The Labute approximate surface area is 154 Å². The molecular weight excluding hydrogens is 352 g/mol. The molecule has 1 atom stereocenters. The van der Waals surface area contributed by atoms with E-state index >= 15 is 0 Å². The topological polar surface area (TPSA) is 142 Å². The van der Waals surface area contributed by atoms with Crippen molar-refractivity contribution in [3.05, 3.63) is 65.0 Å². The number of hydrogen-bond acceptors (Lipinski definition) is 7. The molecule has 0 radical (unpaired) electrons. The van der Waals surface area contributed by atoms with Crippen LogP contribution in [0.5, 0.6) is 34.5 Å². The van der Waals surface area contributed by atoms with Crippen LogP contribution < -0.4 is 0 Å². The first-order valence-electron chi connectivity index (χ1n) is 7.93. The van der Waals surface area contributed by atoms with Crippen molar-refractivity contribution in [1.29, 1.82) is 0 Å². The van der Waals surface area contributed by atoms with Crippen LogP contribution >= 0.6 is 0 Å². The van der Waals surface area contributed by atoms with E-state index in [1.54, 1.807) is 6.92 Å². The average Bonchev–Trinajstić information content (AvgIpc) is 2.63. The minimum Gasteiger partial charge on any atom is -0.511 e. The Morgan fingerprint density at radius 1 is 0.741 bits per heavy atom. The maximum atomic E-state index is 10.9. The van der Waals surface area contributed by atoms with Crippen molar-refractivity contribution in [3.63, 3.8) is 0 Å². The lowest BCUT2D eigenvalue weighted by molar-refractivity contribution is 0.353. The van der Waals surface area contributed by atoms with Gasteiger partial charge in [0.1, 0.15) is 5.76 Å². The maximum absolute atomic E-state index is 10.9. The summed E-state index contributed by atoms with van der Waals surface area (Å²) in [6.07, 6.45) is 1.54. The summed E-state index contributed by atoms with van der Waals surface area (Å²) in [4.78, 5) is 0. The molecule has 0 bridgehead atoms. The fourth-order valence-corrected chi connectivity index (χ4v) is 3.09. The molecule has 7 heteroatoms. The fourth-order valence-electron chi connectivity index (χ4n) is 3.09. The van der Waals surface area contributed by atoms with Crippen LogP contribution in [0.1, 0.15) is 24.0 Å². The van der Waals surface area contributed by atoms with Crippen molar-refractivity contribution in [3.8, 4) is 34.5 Å². The van der Waals surface area contributed by atoms with Crippen LogP contribution in [0.4, 0.5) is 0 Å². The number of hydrogen-bond donors (Lipinski definition) is 7. The van der Waals surface area contributed by atoms with Gasteiger partial charge in [0.05, 0.1) is 5.92 Å². The summed E-state index contributed by atoms with van der Waals surface area (Å²) in [5.41, 5.74) is 1.35. The molecule has 1 unspecified atom stereocenters. The van der Waals surface area contributed by atoms with Crippen LogP contribution in [0.3, 0.4) is 0 Å². The first-order valence-corrected chi connectivity index (χ1v) is 7.93. The Morgan fingerprint density at radius 3 is 1.93 bits per heavy atom. The zero-order valence-electron chi connectivity index (χ0n) is 14.3. The smallest absolute Gasteiger partial charge is 0.200 e. The Morgan fingerprint density at radius 2 is 1.30 bits per heavy atom. The predicted molar refractivity (Wildman–Crippen MR) is 98.1 cm³/mol. The highest BCUT2D eigenvalue weighted by atomic mass is 16.3. The van der Waals surface area contributed by atoms with Gasteiger partial charge in [-0.2, -0.15) is 0 Å². The van der Waals surface area contributed by atoms with E-state index < -0.39 is 40.4 Å². The van der Waals surface area contributed by atoms with Gasteiger partial charge >= 0.3 is 0 Å². The number of aliphatic hydroxyl groups excluding tert-OH is 1. The van der Waals surface area contributed by atoms with Crippen LogP contribution in [-0.4, -0.2) is 35.7 Å². The molecule has 0 heterocycles. The normalized spacial score (nSPS) is 17.1. The quantitative estimate of drug-likeness (QED) is 0.401. The standard InChI is InChI=1S/C20H18O7/c1-8-7-12(10-3-5-13(21)19(26)17(10)24)16(23)15(9(8)2)11-4-6-14(22)20(27)18(11)25/h3-7,15,21-27H,2H2,1H3. The molecule has 3 rings (SSSR count). The van der Waals surface area contributed by atoms with Gasteiger partial charge in [-0.25, -0.2) is 0 Å². The number of rotatable bonds is 2. The number of aromatic hydroxyl groups is 6. The van der Waals surface area contributed by atoms with E-state index in [-0.39, 0.29) is 22.5 Å². The summed E-state index contributed by atoms with van der Waals surface area (Å²) >= 11 is 0. The third-order valence-electron chi connectivity index (χ3n) is 4.66. The lowest BCUT2D eigenvalue weighted by Gasteiger charge is -2.28. The van der Waals surface area contributed by atoms with Crippen molar-refractivity contribution in [1.82, 2.24) is 0 Å². The summed E-state index contributed by atoms with van der Waals surface area (Å²) in [6.45, 7) is 5.61. The van der Waals surface area contributed by atoms with E-state index in [0.29, 0.717) is 11.1 Å². The second kappa shape index (κ2) is 6.21. The SMILES string of the molecule is C=C1C(C)=CC(c2ccc(O)c(O)c2O)=C(O)C1c1ccc(O)c(O)c1O. The number of allylic oxidation sites excluding steroid dienone is 4. The summed E-state index contributed by atoms with van der Waals surface area (Å²) in [7, 11) is 0. The molecule has 7 nitrogen and oxygen atoms in total. The van der Waals surface area contributed by atoms with Crippen molar-refractivity contribution in [2.45, 2.75) is 12.8 Å². The lowest BCUT2D eigenvalue weighted by Crippen LogP contribution is -2.12. The molecule has 2 aromatic rings. The van der Waals surface area contributed by atoms with Gasteiger partial charge in [0.15, 0.2) is 23.0 Å². The largest absolute Gasteiger partial charge is 0.511 e. The highest BCUT2D eigenvalue weighted by molar-refractivity contribution is 5.86. The first kappa shape index (κ1) is 18.1. The van der Waals surface area contributed by atoms with Crippen molar-refractivity contribution >= 4 is 5.57 Å². The molecule has 0 saturated carbocycles. The second-order valence-electron chi connectivity index (χ2n) is 6.29. The Bertz CT molecular complexity index is 1030. The minimum absolute atomic E-state index is 0.0575. The van der Waals surface area contributed by atoms with Gasteiger partial charge in [-0.05, 0) is 42.3 Å². The van der Waals surface area contributed by atoms with E-state index in [9.17, 15) is 35.7 Å². The van der Waals surface area contributed by atoms with Crippen LogP contribution in [0, 0.1) is 0 Å². The van der Waals surface area contributed by atoms with Gasteiger partial charge in [0.2, 0.25) is 11.5 Å². The van der Waals surface area contributed by atoms with Crippen molar-refractivity contribution < 1.29 is 35.7 Å². The molecule has 7 N–H and O–H groups in total. The Balaban J connectivity index is 2.26. The van der Waals surface area contributed by atoms with Crippen LogP contribution in [0.2, 0.25) is 0 Å². The minimum atomic E-state index is -0.966. The zero-order valence-corrected chi connectivity index (χ0v) is 14.3. The Kier molecular flexibility index (Phi) is 4.15. The van der Waals surface area contributed by atoms with Gasteiger partial charge in [0.25, 0.3) is 0 Å². The van der Waals surface area contributed by atoms with Gasteiger partial charge in [-0.1, -0.05) is 12.6 Å². The number of phenolic OH excluding ortho intramolecular Hbond substituents is 6.